The van der Waals surface area contributed by atoms with E-state index in [0.29, 0.717) is 30.7 Å². The van der Waals surface area contributed by atoms with Gasteiger partial charge in [-0.2, -0.15) is 0 Å². The van der Waals surface area contributed by atoms with E-state index in [2.05, 4.69) is 29.6 Å². The highest BCUT2D eigenvalue weighted by Gasteiger charge is 2.32. The number of ketones is 1. The summed E-state index contributed by atoms with van der Waals surface area (Å²) in [7, 11) is 0. The number of ether oxygens (including phenoxy) is 1. The maximum absolute atomic E-state index is 12.3. The molecule has 0 saturated carbocycles. The minimum atomic E-state index is -0.461. The molecule has 2 aromatic carbocycles. The summed E-state index contributed by atoms with van der Waals surface area (Å²) in [5.41, 5.74) is 2.29. The van der Waals surface area contributed by atoms with Gasteiger partial charge in [-0.3, -0.25) is 9.59 Å². The number of fused-ring (bicyclic) bond motifs is 1. The number of nitrogens with one attached hydrogen (secondary N) is 1. The topological polar surface area (TPSA) is 55.4 Å². The highest BCUT2D eigenvalue weighted by atomic mass is 16.5. The van der Waals surface area contributed by atoms with Gasteiger partial charge in [0.05, 0.1) is 12.0 Å². The van der Waals surface area contributed by atoms with E-state index in [4.69, 9.17) is 4.74 Å². The van der Waals surface area contributed by atoms with Gasteiger partial charge < -0.3 is 10.1 Å². The average Bonchev–Trinajstić information content (AvgIpc) is 2.72. The second-order valence-electron chi connectivity index (χ2n) is 8.48. The quantitative estimate of drug-likeness (QED) is 0.544. The Balaban J connectivity index is 1.34. The molecular formula is C26H31NO3. The zero-order valence-electron chi connectivity index (χ0n) is 17.9. The van der Waals surface area contributed by atoms with Crippen molar-refractivity contribution >= 4 is 17.8 Å². The number of Topliss-reactive ketones (excluding diaryl/α,β-unsaturated/α-hetero) is 1. The lowest BCUT2D eigenvalue weighted by Gasteiger charge is -2.31. The molecular weight excluding hydrogens is 374 g/mol. The second kappa shape index (κ2) is 10.2. The van der Waals surface area contributed by atoms with Crippen molar-refractivity contribution in [3.8, 4) is 5.75 Å². The zero-order valence-corrected chi connectivity index (χ0v) is 17.9. The summed E-state index contributed by atoms with van der Waals surface area (Å²) in [4.78, 5) is 24.5. The summed E-state index contributed by atoms with van der Waals surface area (Å²) < 4.78 is 5.88. The molecule has 1 N–H and O–H groups in total. The minimum Gasteiger partial charge on any atom is -0.487 e. The van der Waals surface area contributed by atoms with Crippen molar-refractivity contribution in [3.05, 3.63) is 71.3 Å². The van der Waals surface area contributed by atoms with Crippen LogP contribution < -0.4 is 10.1 Å². The van der Waals surface area contributed by atoms with Crippen molar-refractivity contribution in [1.82, 2.24) is 5.32 Å². The molecule has 30 heavy (non-hydrogen) atoms. The molecule has 2 aromatic rings. The first-order valence-corrected chi connectivity index (χ1v) is 10.8. The van der Waals surface area contributed by atoms with Crippen LogP contribution in [-0.2, 0) is 11.3 Å². The maximum atomic E-state index is 12.3. The summed E-state index contributed by atoms with van der Waals surface area (Å²) >= 11 is 0. The van der Waals surface area contributed by atoms with Gasteiger partial charge in [0.25, 0.3) is 0 Å². The van der Waals surface area contributed by atoms with Crippen LogP contribution >= 0.6 is 0 Å². The van der Waals surface area contributed by atoms with Crippen LogP contribution in [0.2, 0.25) is 0 Å². The highest BCUT2D eigenvalue weighted by molar-refractivity contribution is 6.00. The summed E-state index contributed by atoms with van der Waals surface area (Å²) in [5.74, 6) is 0.777. The van der Waals surface area contributed by atoms with Gasteiger partial charge in [0.2, 0.25) is 5.91 Å². The molecule has 1 amide bonds. The SMILES string of the molecule is CC1(C)CC(=O)c2cc(CNC(=O)CCCCCC=Cc3ccccc3)ccc2O1. The van der Waals surface area contributed by atoms with Crippen molar-refractivity contribution in [2.75, 3.05) is 0 Å². The number of unbranched alkanes of at least 4 members (excludes halogenated alkanes) is 3. The molecule has 0 bridgehead atoms. The number of hydrogen-bond acceptors (Lipinski definition) is 3. The first-order valence-electron chi connectivity index (χ1n) is 10.8. The molecule has 0 aliphatic carbocycles. The molecule has 0 saturated heterocycles. The van der Waals surface area contributed by atoms with Crippen molar-refractivity contribution in [1.29, 1.82) is 0 Å². The highest BCUT2D eigenvalue weighted by Crippen LogP contribution is 2.33. The number of benzene rings is 2. The molecule has 158 valence electrons. The molecule has 1 aliphatic heterocycles. The van der Waals surface area contributed by atoms with Crippen LogP contribution in [0.1, 0.15) is 73.9 Å². The van der Waals surface area contributed by atoms with Gasteiger partial charge >= 0.3 is 0 Å². The lowest BCUT2D eigenvalue weighted by atomic mass is 9.92. The fourth-order valence-electron chi connectivity index (χ4n) is 3.61. The Kier molecular flexibility index (Phi) is 7.45. The largest absolute Gasteiger partial charge is 0.487 e. The smallest absolute Gasteiger partial charge is 0.220 e. The zero-order chi connectivity index (χ0) is 21.4. The predicted octanol–water partition coefficient (Wildman–Crippen LogP) is 5.71. The summed E-state index contributed by atoms with van der Waals surface area (Å²) in [6.45, 7) is 4.27. The average molecular weight is 406 g/mol. The molecule has 0 atom stereocenters. The third kappa shape index (κ3) is 6.58. The van der Waals surface area contributed by atoms with Gasteiger partial charge in [-0.1, -0.05) is 55.0 Å². The number of allylic oxidation sites excluding steroid dienone is 1. The fraction of sp³-hybridized carbons (Fsp3) is 0.385. The number of amides is 1. The standard InChI is InChI=1S/C26H31NO3/c1-26(2)18-23(28)22-17-21(15-16-24(22)30-26)19-27-25(29)14-10-5-3-4-7-11-20-12-8-6-9-13-20/h6-9,11-13,15-17H,3-5,10,14,18-19H2,1-2H3,(H,27,29). The molecule has 3 rings (SSSR count). The predicted molar refractivity (Wildman–Crippen MR) is 121 cm³/mol. The Morgan fingerprint density at radius 1 is 1.10 bits per heavy atom. The van der Waals surface area contributed by atoms with E-state index in [1.165, 1.54) is 5.56 Å². The lowest BCUT2D eigenvalue weighted by molar-refractivity contribution is -0.121. The van der Waals surface area contributed by atoms with Crippen molar-refractivity contribution in [2.24, 2.45) is 0 Å². The first-order chi connectivity index (χ1) is 14.4. The van der Waals surface area contributed by atoms with E-state index in [9.17, 15) is 9.59 Å². The van der Waals surface area contributed by atoms with E-state index < -0.39 is 5.60 Å². The third-order valence-corrected chi connectivity index (χ3v) is 5.19. The number of hydrogen-bond donors (Lipinski definition) is 1. The van der Waals surface area contributed by atoms with Gasteiger partial charge in [0.15, 0.2) is 5.78 Å². The van der Waals surface area contributed by atoms with Crippen molar-refractivity contribution < 1.29 is 14.3 Å². The van der Waals surface area contributed by atoms with E-state index >= 15 is 0 Å². The molecule has 0 aromatic heterocycles. The number of carbonyl (C=O) groups excluding carboxylic acids is 2. The van der Waals surface area contributed by atoms with E-state index in [1.807, 2.05) is 50.2 Å². The summed E-state index contributed by atoms with van der Waals surface area (Å²) in [5, 5.41) is 2.96. The molecule has 1 aliphatic rings. The third-order valence-electron chi connectivity index (χ3n) is 5.19. The van der Waals surface area contributed by atoms with Crippen LogP contribution in [0.4, 0.5) is 0 Å². The number of rotatable bonds is 9. The van der Waals surface area contributed by atoms with Crippen molar-refractivity contribution in [2.45, 2.75) is 64.5 Å². The van der Waals surface area contributed by atoms with Gasteiger partial charge in [0, 0.05) is 13.0 Å². The molecule has 4 heteroatoms. The molecule has 0 unspecified atom stereocenters. The minimum absolute atomic E-state index is 0.0521. The van der Waals surface area contributed by atoms with E-state index in [0.717, 1.165) is 31.2 Å². The molecule has 4 nitrogen and oxygen atoms in total. The summed E-state index contributed by atoms with van der Waals surface area (Å²) in [6.07, 6.45) is 9.27. The van der Waals surface area contributed by atoms with Crippen LogP contribution in [0.25, 0.3) is 6.08 Å². The van der Waals surface area contributed by atoms with Crippen LogP contribution in [-0.4, -0.2) is 17.3 Å². The molecule has 0 spiro atoms. The Labute approximate surface area is 179 Å². The lowest BCUT2D eigenvalue weighted by Crippen LogP contribution is -2.36. The van der Waals surface area contributed by atoms with Crippen molar-refractivity contribution in [3.63, 3.8) is 0 Å². The Morgan fingerprint density at radius 3 is 2.70 bits per heavy atom. The van der Waals surface area contributed by atoms with Gasteiger partial charge in [0.1, 0.15) is 11.4 Å². The van der Waals surface area contributed by atoms with Crippen LogP contribution in [0.5, 0.6) is 5.75 Å². The first kappa shape index (κ1) is 21.8. The van der Waals surface area contributed by atoms with Gasteiger partial charge in [-0.05, 0) is 56.4 Å². The van der Waals surface area contributed by atoms with Gasteiger partial charge in [-0.15, -0.1) is 0 Å². The van der Waals surface area contributed by atoms with Crippen LogP contribution in [0.15, 0.2) is 54.6 Å². The molecule has 0 fully saturated rings. The normalized spacial score (nSPS) is 14.9. The summed E-state index contributed by atoms with van der Waals surface area (Å²) in [6, 6.07) is 15.9. The van der Waals surface area contributed by atoms with E-state index in [1.54, 1.807) is 0 Å². The van der Waals surface area contributed by atoms with E-state index in [-0.39, 0.29) is 11.7 Å². The van der Waals surface area contributed by atoms with Crippen LogP contribution in [0.3, 0.4) is 0 Å². The second-order valence-corrected chi connectivity index (χ2v) is 8.48. The van der Waals surface area contributed by atoms with Gasteiger partial charge in [-0.25, -0.2) is 0 Å². The Bertz CT molecular complexity index is 900. The molecule has 0 radical (unpaired) electrons. The monoisotopic (exact) mass is 405 g/mol. The number of carbonyl (C=O) groups is 2. The molecule has 1 heterocycles. The Hall–Kier alpha value is -2.88. The maximum Gasteiger partial charge on any atom is 0.220 e. The van der Waals surface area contributed by atoms with Crippen LogP contribution in [0, 0.1) is 0 Å². The fourth-order valence-corrected chi connectivity index (χ4v) is 3.61. The Morgan fingerprint density at radius 2 is 1.90 bits per heavy atom.